The molecule has 0 aliphatic carbocycles. The van der Waals surface area contributed by atoms with Crippen molar-refractivity contribution >= 4 is 50.4 Å². The molecule has 0 spiro atoms. The van der Waals surface area contributed by atoms with Gasteiger partial charge >= 0.3 is 5.97 Å². The first kappa shape index (κ1) is 22.3. The van der Waals surface area contributed by atoms with Crippen LogP contribution in [0.1, 0.15) is 36.0 Å². The maximum atomic E-state index is 12.5. The molecule has 2 N–H and O–H groups in total. The third kappa shape index (κ3) is 5.31. The monoisotopic (exact) mass is 484 g/mol. The van der Waals surface area contributed by atoms with Crippen molar-refractivity contribution in [3.8, 4) is 0 Å². The fourth-order valence-corrected chi connectivity index (χ4v) is 6.82. The molecule has 4 heterocycles. The van der Waals surface area contributed by atoms with Crippen LogP contribution in [0.4, 0.5) is 11.5 Å². The fourth-order valence-electron chi connectivity index (χ4n) is 4.31. The zero-order valence-electron chi connectivity index (χ0n) is 17.0. The molecule has 8 nitrogen and oxygen atoms in total. The Labute approximate surface area is 190 Å². The van der Waals surface area contributed by atoms with Crippen molar-refractivity contribution in [1.82, 2.24) is 9.88 Å². The number of hydrogen-bond donors (Lipinski definition) is 2. The van der Waals surface area contributed by atoms with E-state index in [9.17, 15) is 18.3 Å². The van der Waals surface area contributed by atoms with E-state index in [0.717, 1.165) is 56.9 Å². The second-order valence-electron chi connectivity index (χ2n) is 8.03. The number of hydrogen-bond acceptors (Lipinski definition) is 7. The number of nitrogens with zero attached hydrogens (tertiary/aromatic N) is 3. The maximum absolute atomic E-state index is 12.5. The number of thiophene rings is 1. The summed E-state index contributed by atoms with van der Waals surface area (Å²) in [6, 6.07) is 4.24. The molecule has 0 bridgehead atoms. The number of aromatic carboxylic acids is 1. The van der Waals surface area contributed by atoms with E-state index in [4.69, 9.17) is 11.6 Å². The van der Waals surface area contributed by atoms with E-state index < -0.39 is 16.0 Å². The number of rotatable bonds is 7. The van der Waals surface area contributed by atoms with Crippen LogP contribution in [-0.4, -0.2) is 62.1 Å². The number of anilines is 2. The Morgan fingerprint density at radius 1 is 1.26 bits per heavy atom. The maximum Gasteiger partial charge on any atom is 0.339 e. The Morgan fingerprint density at radius 3 is 2.71 bits per heavy atom. The normalized spacial score (nSPS) is 20.2. The topological polar surface area (TPSA) is 103 Å². The van der Waals surface area contributed by atoms with Crippen LogP contribution >= 0.6 is 22.9 Å². The van der Waals surface area contributed by atoms with Crippen molar-refractivity contribution in [3.63, 3.8) is 0 Å². The third-order valence-electron chi connectivity index (χ3n) is 5.70. The molecule has 4 rings (SSSR count). The van der Waals surface area contributed by atoms with Gasteiger partial charge in [0.25, 0.3) is 10.0 Å². The minimum absolute atomic E-state index is 0.00812. The summed E-state index contributed by atoms with van der Waals surface area (Å²) in [6.45, 7) is 4.80. The number of piperidine rings is 1. The summed E-state index contributed by atoms with van der Waals surface area (Å²) >= 11 is 6.77. The van der Waals surface area contributed by atoms with E-state index in [2.05, 4.69) is 14.6 Å². The number of pyridine rings is 1. The van der Waals surface area contributed by atoms with Crippen LogP contribution in [0.5, 0.6) is 0 Å². The van der Waals surface area contributed by atoms with Crippen LogP contribution in [0.15, 0.2) is 28.6 Å². The predicted octanol–water partition coefficient (Wildman–Crippen LogP) is 3.61. The minimum Gasteiger partial charge on any atom is -0.478 e. The second kappa shape index (κ2) is 9.32. The van der Waals surface area contributed by atoms with Gasteiger partial charge < -0.3 is 14.9 Å². The van der Waals surface area contributed by atoms with E-state index in [0.29, 0.717) is 16.1 Å². The number of carboxylic acid groups (broad SMARTS) is 1. The summed E-state index contributed by atoms with van der Waals surface area (Å²) < 4.78 is 27.9. The molecule has 1 atom stereocenters. The summed E-state index contributed by atoms with van der Waals surface area (Å²) in [5.41, 5.74) is 0.0996. The predicted molar refractivity (Wildman–Crippen MR) is 122 cm³/mol. The van der Waals surface area contributed by atoms with Gasteiger partial charge in [0, 0.05) is 19.6 Å². The van der Waals surface area contributed by atoms with Gasteiger partial charge in [-0.2, -0.15) is 0 Å². The van der Waals surface area contributed by atoms with Crippen LogP contribution in [0.3, 0.4) is 0 Å². The Morgan fingerprint density at radius 2 is 2.03 bits per heavy atom. The lowest BCUT2D eigenvalue weighted by Gasteiger charge is -2.36. The average Bonchev–Trinajstić information content (AvgIpc) is 3.40. The van der Waals surface area contributed by atoms with Crippen LogP contribution in [0.25, 0.3) is 0 Å². The third-order valence-corrected chi connectivity index (χ3v) is 8.80. The molecule has 2 aromatic rings. The number of likely N-dealkylation sites (tertiary alicyclic amines) is 1. The molecule has 2 saturated heterocycles. The molecule has 2 aromatic heterocycles. The van der Waals surface area contributed by atoms with Crippen LogP contribution < -0.4 is 9.62 Å². The molecular weight excluding hydrogens is 460 g/mol. The molecule has 2 fully saturated rings. The molecule has 0 saturated carbocycles. The zero-order chi connectivity index (χ0) is 22.0. The van der Waals surface area contributed by atoms with Crippen LogP contribution in [0, 0.1) is 5.92 Å². The number of nitrogens with one attached hydrogen (secondary N) is 1. The summed E-state index contributed by atoms with van der Waals surface area (Å²) in [4.78, 5) is 20.8. The Bertz CT molecular complexity index is 1050. The van der Waals surface area contributed by atoms with Gasteiger partial charge in [-0.25, -0.2) is 18.2 Å². The first-order valence-electron chi connectivity index (χ1n) is 10.3. The lowest BCUT2D eigenvalue weighted by Crippen LogP contribution is -2.41. The van der Waals surface area contributed by atoms with Gasteiger partial charge in [-0.05, 0) is 62.9 Å². The number of carbonyl (C=O) groups is 1. The van der Waals surface area contributed by atoms with Gasteiger partial charge in [0.2, 0.25) is 0 Å². The number of sulfonamides is 1. The SMILES string of the molecule is O=C(O)c1cc(NS(=O)(=O)c2ccc(Cl)s2)cnc1N1CCCC(CN2CCCC2)C1. The van der Waals surface area contributed by atoms with E-state index in [1.54, 1.807) is 0 Å². The van der Waals surface area contributed by atoms with Gasteiger partial charge in [-0.1, -0.05) is 11.6 Å². The van der Waals surface area contributed by atoms with Crippen LogP contribution in [0.2, 0.25) is 4.34 Å². The van der Waals surface area contributed by atoms with E-state index >= 15 is 0 Å². The molecule has 0 aromatic carbocycles. The van der Waals surface area contributed by atoms with Crippen molar-refractivity contribution in [2.45, 2.75) is 29.9 Å². The summed E-state index contributed by atoms with van der Waals surface area (Å²) in [5, 5.41) is 9.77. The van der Waals surface area contributed by atoms with Crippen molar-refractivity contribution in [1.29, 1.82) is 0 Å². The second-order valence-corrected chi connectivity index (χ2v) is 11.7. The molecular formula is C20H25ClN4O4S2. The fraction of sp³-hybridized carbons (Fsp3) is 0.500. The zero-order valence-corrected chi connectivity index (χ0v) is 19.3. The van der Waals surface area contributed by atoms with E-state index in [1.165, 1.54) is 37.2 Å². The Hall–Kier alpha value is -1.88. The van der Waals surface area contributed by atoms with Crippen molar-refractivity contribution in [2.24, 2.45) is 5.92 Å². The molecule has 2 aliphatic heterocycles. The smallest absolute Gasteiger partial charge is 0.339 e. The summed E-state index contributed by atoms with van der Waals surface area (Å²) in [6.07, 6.45) is 5.97. The van der Waals surface area contributed by atoms with Gasteiger partial charge in [-0.3, -0.25) is 4.72 Å². The first-order valence-corrected chi connectivity index (χ1v) is 13.0. The number of aromatic nitrogens is 1. The molecule has 0 radical (unpaired) electrons. The van der Waals surface area contributed by atoms with E-state index in [1.807, 2.05) is 4.90 Å². The highest BCUT2D eigenvalue weighted by Crippen LogP contribution is 2.30. The first-order chi connectivity index (χ1) is 14.8. The molecule has 11 heteroatoms. The number of halogens is 1. The van der Waals surface area contributed by atoms with Crippen molar-refractivity contribution in [3.05, 3.63) is 34.3 Å². The lowest BCUT2D eigenvalue weighted by atomic mass is 9.97. The Balaban J connectivity index is 1.52. The lowest BCUT2D eigenvalue weighted by molar-refractivity contribution is 0.0697. The average molecular weight is 485 g/mol. The van der Waals surface area contributed by atoms with Gasteiger partial charge in [-0.15, -0.1) is 11.3 Å². The highest BCUT2D eigenvalue weighted by Gasteiger charge is 2.27. The highest BCUT2D eigenvalue weighted by atomic mass is 35.5. The molecule has 1 unspecified atom stereocenters. The van der Waals surface area contributed by atoms with Gasteiger partial charge in [0.15, 0.2) is 0 Å². The largest absolute Gasteiger partial charge is 0.478 e. The summed E-state index contributed by atoms with van der Waals surface area (Å²) in [7, 11) is -3.86. The van der Waals surface area contributed by atoms with Gasteiger partial charge in [0.1, 0.15) is 15.6 Å². The molecule has 0 amide bonds. The van der Waals surface area contributed by atoms with Crippen molar-refractivity contribution in [2.75, 3.05) is 42.3 Å². The minimum atomic E-state index is -3.86. The highest BCUT2D eigenvalue weighted by molar-refractivity contribution is 7.94. The Kier molecular flexibility index (Phi) is 6.71. The standard InChI is InChI=1S/C20H25ClN4O4S2/c21-17-5-6-18(30-17)31(28,29)23-15-10-16(20(26)27)19(22-11-15)25-9-3-4-14(13-25)12-24-7-1-2-8-24/h5-6,10-11,14,23H,1-4,7-9,12-13H2,(H,26,27). The van der Waals surface area contributed by atoms with Crippen molar-refractivity contribution < 1.29 is 18.3 Å². The molecule has 31 heavy (non-hydrogen) atoms. The summed E-state index contributed by atoms with van der Waals surface area (Å²) in [5.74, 6) is -0.276. The molecule has 2 aliphatic rings. The van der Waals surface area contributed by atoms with Crippen LogP contribution in [-0.2, 0) is 10.0 Å². The van der Waals surface area contributed by atoms with E-state index in [-0.39, 0.29) is 15.5 Å². The quantitative estimate of drug-likeness (QED) is 0.618. The van der Waals surface area contributed by atoms with Gasteiger partial charge in [0.05, 0.1) is 16.2 Å². The molecule has 168 valence electrons. The number of carboxylic acids is 1.